The number of nitrogens with zero attached hydrogens (tertiary/aromatic N) is 1. The Hall–Kier alpha value is -1.55. The maximum absolute atomic E-state index is 12.3. The molecule has 2 fully saturated rings. The SMILES string of the molecule is Cc1ccc(CN2C(=O)NC(=O)C23CCCCC3)c(Cl)c1. The van der Waals surface area contributed by atoms with Crippen molar-refractivity contribution in [1.29, 1.82) is 0 Å². The van der Waals surface area contributed by atoms with Gasteiger partial charge in [-0.25, -0.2) is 4.79 Å². The molecule has 0 radical (unpaired) electrons. The molecule has 3 rings (SSSR count). The first-order chi connectivity index (χ1) is 10.0. The van der Waals surface area contributed by atoms with Crippen LogP contribution in [0.2, 0.25) is 5.02 Å². The minimum absolute atomic E-state index is 0.143. The predicted molar refractivity (Wildman–Crippen MR) is 81.1 cm³/mol. The molecule has 1 aromatic carbocycles. The summed E-state index contributed by atoms with van der Waals surface area (Å²) in [5.74, 6) is -0.143. The van der Waals surface area contributed by atoms with Gasteiger partial charge in [-0.15, -0.1) is 0 Å². The molecule has 0 atom stereocenters. The van der Waals surface area contributed by atoms with Crippen LogP contribution in [0.25, 0.3) is 0 Å². The van der Waals surface area contributed by atoms with Crippen molar-refractivity contribution >= 4 is 23.5 Å². The second kappa shape index (κ2) is 5.34. The highest BCUT2D eigenvalue weighted by Gasteiger charge is 2.52. The van der Waals surface area contributed by atoms with E-state index in [1.165, 1.54) is 0 Å². The van der Waals surface area contributed by atoms with Gasteiger partial charge in [0, 0.05) is 11.6 Å². The van der Waals surface area contributed by atoms with E-state index >= 15 is 0 Å². The molecule has 0 bridgehead atoms. The van der Waals surface area contributed by atoms with Crippen molar-refractivity contribution in [2.75, 3.05) is 0 Å². The van der Waals surface area contributed by atoms with Gasteiger partial charge in [0.25, 0.3) is 5.91 Å². The third kappa shape index (κ3) is 2.42. The zero-order valence-corrected chi connectivity index (χ0v) is 12.9. The monoisotopic (exact) mass is 306 g/mol. The van der Waals surface area contributed by atoms with E-state index in [4.69, 9.17) is 11.6 Å². The zero-order valence-electron chi connectivity index (χ0n) is 12.1. The average Bonchev–Trinajstić information content (AvgIpc) is 2.67. The first kappa shape index (κ1) is 14.4. The first-order valence-electron chi connectivity index (χ1n) is 7.41. The number of urea groups is 1. The summed E-state index contributed by atoms with van der Waals surface area (Å²) in [7, 11) is 0. The van der Waals surface area contributed by atoms with Gasteiger partial charge in [-0.2, -0.15) is 0 Å². The molecule has 0 aromatic heterocycles. The topological polar surface area (TPSA) is 49.4 Å². The van der Waals surface area contributed by atoms with Gasteiger partial charge in [0.2, 0.25) is 0 Å². The first-order valence-corrected chi connectivity index (χ1v) is 7.79. The number of hydrogen-bond acceptors (Lipinski definition) is 2. The van der Waals surface area contributed by atoms with Crippen molar-refractivity contribution in [3.63, 3.8) is 0 Å². The lowest BCUT2D eigenvalue weighted by Gasteiger charge is -2.38. The van der Waals surface area contributed by atoms with Crippen molar-refractivity contribution < 1.29 is 9.59 Å². The number of halogens is 1. The molecule has 3 amide bonds. The highest BCUT2D eigenvalue weighted by Crippen LogP contribution is 2.38. The Balaban J connectivity index is 1.91. The molecule has 1 aromatic rings. The molecule has 2 aliphatic rings. The Morgan fingerprint density at radius 2 is 1.95 bits per heavy atom. The van der Waals surface area contributed by atoms with E-state index in [-0.39, 0.29) is 11.9 Å². The van der Waals surface area contributed by atoms with E-state index in [1.54, 1.807) is 4.90 Å². The molecule has 112 valence electrons. The molecule has 0 unspecified atom stereocenters. The Labute approximate surface area is 129 Å². The lowest BCUT2D eigenvalue weighted by molar-refractivity contribution is -0.128. The maximum atomic E-state index is 12.3. The fraction of sp³-hybridized carbons (Fsp3) is 0.500. The maximum Gasteiger partial charge on any atom is 0.325 e. The minimum atomic E-state index is -0.663. The summed E-state index contributed by atoms with van der Waals surface area (Å²) in [4.78, 5) is 26.2. The van der Waals surface area contributed by atoms with Gasteiger partial charge >= 0.3 is 6.03 Å². The summed E-state index contributed by atoms with van der Waals surface area (Å²) in [6.07, 6.45) is 4.59. The quantitative estimate of drug-likeness (QED) is 0.851. The third-order valence-electron chi connectivity index (χ3n) is 4.62. The Morgan fingerprint density at radius 1 is 1.24 bits per heavy atom. The van der Waals surface area contributed by atoms with Crippen molar-refractivity contribution in [1.82, 2.24) is 10.2 Å². The van der Waals surface area contributed by atoms with Crippen LogP contribution in [-0.2, 0) is 11.3 Å². The largest absolute Gasteiger partial charge is 0.325 e. The van der Waals surface area contributed by atoms with E-state index in [1.807, 2.05) is 25.1 Å². The molecular weight excluding hydrogens is 288 g/mol. The van der Waals surface area contributed by atoms with Crippen LogP contribution >= 0.6 is 11.6 Å². The van der Waals surface area contributed by atoms with Gasteiger partial charge in [0.15, 0.2) is 0 Å². The summed E-state index contributed by atoms with van der Waals surface area (Å²) >= 11 is 6.28. The number of benzene rings is 1. The van der Waals surface area contributed by atoms with Crippen molar-refractivity contribution in [3.05, 3.63) is 34.3 Å². The summed E-state index contributed by atoms with van der Waals surface area (Å²) in [6.45, 7) is 2.36. The van der Waals surface area contributed by atoms with Gasteiger partial charge in [0.05, 0.1) is 0 Å². The molecule has 1 spiro atoms. The minimum Gasteiger partial charge on any atom is -0.305 e. The summed E-state index contributed by atoms with van der Waals surface area (Å²) < 4.78 is 0. The highest BCUT2D eigenvalue weighted by molar-refractivity contribution is 6.31. The van der Waals surface area contributed by atoms with E-state index in [9.17, 15) is 9.59 Å². The summed E-state index contributed by atoms with van der Waals surface area (Å²) in [6, 6.07) is 5.51. The number of imide groups is 1. The van der Waals surface area contributed by atoms with Gasteiger partial charge in [-0.3, -0.25) is 10.1 Å². The van der Waals surface area contributed by atoms with Crippen molar-refractivity contribution in [3.8, 4) is 0 Å². The molecule has 1 aliphatic heterocycles. The standard InChI is InChI=1S/C16H19ClN2O2/c1-11-5-6-12(13(17)9-11)10-19-15(21)18-14(20)16(19)7-3-2-4-8-16/h5-6,9H,2-4,7-8,10H2,1H3,(H,18,20,21). The van der Waals surface area contributed by atoms with E-state index in [0.717, 1.165) is 43.2 Å². The molecule has 4 nitrogen and oxygen atoms in total. The summed E-state index contributed by atoms with van der Waals surface area (Å²) in [5.41, 5.74) is 1.30. The lowest BCUT2D eigenvalue weighted by atomic mass is 9.80. The Bertz CT molecular complexity index is 594. The van der Waals surface area contributed by atoms with E-state index in [0.29, 0.717) is 11.6 Å². The smallest absolute Gasteiger partial charge is 0.305 e. The van der Waals surface area contributed by atoms with Crippen LogP contribution in [-0.4, -0.2) is 22.4 Å². The zero-order chi connectivity index (χ0) is 15.0. The van der Waals surface area contributed by atoms with Crippen molar-refractivity contribution in [2.45, 2.75) is 51.1 Å². The number of carbonyl (C=O) groups is 2. The van der Waals surface area contributed by atoms with Crippen LogP contribution in [0.4, 0.5) is 4.79 Å². The normalized spacial score (nSPS) is 21.0. The molecule has 1 saturated carbocycles. The van der Waals surface area contributed by atoms with Gasteiger partial charge in [-0.05, 0) is 37.0 Å². The second-order valence-corrected chi connectivity index (χ2v) is 6.44. The molecule has 1 N–H and O–H groups in total. The number of nitrogens with one attached hydrogen (secondary N) is 1. The van der Waals surface area contributed by atoms with E-state index in [2.05, 4.69) is 5.32 Å². The average molecular weight is 307 g/mol. The predicted octanol–water partition coefficient (Wildman–Crippen LogP) is 3.40. The Kier molecular flexibility index (Phi) is 3.66. The fourth-order valence-electron chi connectivity index (χ4n) is 3.41. The highest BCUT2D eigenvalue weighted by atomic mass is 35.5. The molecule has 1 heterocycles. The van der Waals surface area contributed by atoms with Crippen LogP contribution in [0.5, 0.6) is 0 Å². The molecule has 5 heteroatoms. The van der Waals surface area contributed by atoms with Gasteiger partial charge in [-0.1, -0.05) is 43.0 Å². The van der Waals surface area contributed by atoms with Crippen LogP contribution < -0.4 is 5.32 Å². The molecule has 1 aliphatic carbocycles. The van der Waals surface area contributed by atoms with Gasteiger partial charge < -0.3 is 4.90 Å². The third-order valence-corrected chi connectivity index (χ3v) is 4.97. The molecule has 1 saturated heterocycles. The van der Waals surface area contributed by atoms with Crippen LogP contribution in [0, 0.1) is 6.92 Å². The molecule has 21 heavy (non-hydrogen) atoms. The number of rotatable bonds is 2. The fourth-order valence-corrected chi connectivity index (χ4v) is 3.70. The number of carbonyl (C=O) groups excluding carboxylic acids is 2. The summed E-state index contributed by atoms with van der Waals surface area (Å²) in [5, 5.41) is 3.13. The lowest BCUT2D eigenvalue weighted by Crippen LogP contribution is -2.50. The van der Waals surface area contributed by atoms with Crippen LogP contribution in [0.3, 0.4) is 0 Å². The number of aryl methyl sites for hydroxylation is 1. The van der Waals surface area contributed by atoms with Crippen LogP contribution in [0.1, 0.15) is 43.2 Å². The van der Waals surface area contributed by atoms with Crippen LogP contribution in [0.15, 0.2) is 18.2 Å². The second-order valence-electron chi connectivity index (χ2n) is 6.03. The number of amides is 3. The van der Waals surface area contributed by atoms with Crippen molar-refractivity contribution in [2.24, 2.45) is 0 Å². The van der Waals surface area contributed by atoms with Gasteiger partial charge in [0.1, 0.15) is 5.54 Å². The molecular formula is C16H19ClN2O2. The Morgan fingerprint density at radius 3 is 2.62 bits per heavy atom. The number of hydrogen-bond donors (Lipinski definition) is 1. The van der Waals surface area contributed by atoms with E-state index < -0.39 is 5.54 Å².